The molecule has 3 nitrogen and oxygen atoms in total. The van der Waals surface area contributed by atoms with Gasteiger partial charge >= 0.3 is 0 Å². The molecule has 0 saturated carbocycles. The van der Waals surface area contributed by atoms with Crippen LogP contribution in [0.25, 0.3) is 32.7 Å². The molecule has 0 amide bonds. The van der Waals surface area contributed by atoms with Crippen molar-refractivity contribution in [1.29, 1.82) is 0 Å². The number of hydrogen-bond acceptors (Lipinski definition) is 3. The van der Waals surface area contributed by atoms with Crippen molar-refractivity contribution in [3.63, 3.8) is 0 Å². The van der Waals surface area contributed by atoms with Gasteiger partial charge in [0.05, 0.1) is 0 Å². The third-order valence-electron chi connectivity index (χ3n) is 10.6. The Hall–Kier alpha value is -6.91. The molecule has 0 fully saturated rings. The average molecular weight is 725 g/mol. The Morgan fingerprint density at radius 3 is 0.911 bits per heavy atom. The van der Waals surface area contributed by atoms with Crippen LogP contribution < -0.4 is 0 Å². The summed E-state index contributed by atoms with van der Waals surface area (Å²) in [6, 6.07) is 73.6. The van der Waals surface area contributed by atoms with E-state index in [1.165, 1.54) is 0 Å². The van der Waals surface area contributed by atoms with Gasteiger partial charge in [-0.15, -0.1) is 0 Å². The topological polar surface area (TPSA) is 57.5 Å². The second kappa shape index (κ2) is 15.8. The minimum absolute atomic E-state index is 0.729. The van der Waals surface area contributed by atoms with E-state index < -0.39 is 11.2 Å². The van der Waals surface area contributed by atoms with Gasteiger partial charge in [0, 0.05) is 16.7 Å². The Morgan fingerprint density at radius 1 is 0.321 bits per heavy atom. The number of rotatable bonds is 8. The van der Waals surface area contributed by atoms with E-state index in [9.17, 15) is 15.0 Å². The predicted molar refractivity (Wildman–Crippen MR) is 229 cm³/mol. The summed E-state index contributed by atoms with van der Waals surface area (Å²) in [5.41, 5.74) is 3.95. The lowest BCUT2D eigenvalue weighted by Crippen LogP contribution is -2.31. The first-order valence-corrected chi connectivity index (χ1v) is 18.8. The van der Waals surface area contributed by atoms with Crippen LogP contribution in [0.3, 0.4) is 0 Å². The molecule has 56 heavy (non-hydrogen) atoms. The Balaban J connectivity index is 0.000000493. The summed E-state index contributed by atoms with van der Waals surface area (Å²) in [6.07, 6.45) is 0.833. The van der Waals surface area contributed by atoms with Gasteiger partial charge in [0.1, 0.15) is 17.5 Å². The zero-order valence-electron chi connectivity index (χ0n) is 30.7. The summed E-state index contributed by atoms with van der Waals surface area (Å²) >= 11 is 0. The Kier molecular flexibility index (Phi) is 10.2. The molecular weight excluding hydrogens is 685 g/mol. The minimum Gasteiger partial charge on any atom is -0.376 e. The van der Waals surface area contributed by atoms with E-state index in [2.05, 4.69) is 48.5 Å². The number of carbonyl (C=O) groups is 1. The van der Waals surface area contributed by atoms with Crippen LogP contribution in [0.4, 0.5) is 0 Å². The second-order valence-electron chi connectivity index (χ2n) is 13.8. The van der Waals surface area contributed by atoms with Crippen LogP contribution in [0.1, 0.15) is 43.7 Å². The monoisotopic (exact) mass is 724 g/mol. The Bertz CT molecular complexity index is 2460. The summed E-state index contributed by atoms with van der Waals surface area (Å²) in [4.78, 5) is 10.0. The second-order valence-corrected chi connectivity index (χ2v) is 13.8. The molecule has 9 aromatic rings. The highest BCUT2D eigenvalue weighted by Gasteiger charge is 2.41. The van der Waals surface area contributed by atoms with Gasteiger partial charge in [-0.2, -0.15) is 0 Å². The maximum absolute atomic E-state index is 13.4. The lowest BCUT2D eigenvalue weighted by molar-refractivity contribution is 0.112. The van der Waals surface area contributed by atoms with Crippen molar-refractivity contribution in [2.24, 2.45) is 0 Å². The highest BCUT2D eigenvalue weighted by Crippen LogP contribution is 2.50. The van der Waals surface area contributed by atoms with Gasteiger partial charge in [-0.05, 0) is 54.9 Å². The van der Waals surface area contributed by atoms with Gasteiger partial charge in [0.2, 0.25) is 0 Å². The fraction of sp³-hybridized carbons (Fsp3) is 0.0377. The zero-order valence-corrected chi connectivity index (χ0v) is 30.7. The molecule has 0 aliphatic rings. The zero-order chi connectivity index (χ0) is 38.4. The van der Waals surface area contributed by atoms with Crippen LogP contribution in [0.2, 0.25) is 0 Å². The number of fused-ring (bicyclic) bond motifs is 2. The lowest BCUT2D eigenvalue weighted by Gasteiger charge is -2.36. The van der Waals surface area contributed by atoms with Gasteiger partial charge in [-0.25, -0.2) is 0 Å². The summed E-state index contributed by atoms with van der Waals surface area (Å²) in [5, 5.41) is 30.8. The van der Waals surface area contributed by atoms with Crippen LogP contribution >= 0.6 is 0 Å². The van der Waals surface area contributed by atoms with Crippen LogP contribution in [0.15, 0.2) is 224 Å². The van der Waals surface area contributed by atoms with Crippen molar-refractivity contribution in [3.05, 3.63) is 263 Å². The first kappa shape index (κ1) is 36.1. The van der Waals surface area contributed by atoms with Gasteiger partial charge in [0.15, 0.2) is 0 Å². The smallest absolute Gasteiger partial charge is 0.150 e. The molecule has 9 aromatic carbocycles. The molecule has 0 radical (unpaired) electrons. The molecule has 0 aliphatic carbocycles. The Morgan fingerprint density at radius 2 is 0.607 bits per heavy atom. The van der Waals surface area contributed by atoms with Crippen molar-refractivity contribution in [2.45, 2.75) is 11.2 Å². The summed E-state index contributed by atoms with van der Waals surface area (Å²) in [5.74, 6) is 0. The number of hydrogen-bond donors (Lipinski definition) is 2. The SMILES string of the molecule is O=Cc1ccccc1.OC(c1ccccc1)(c1ccccc1)c1ccc2ccccc2c1-c1c(C(O)(c2ccccc2)c2ccccc2)ccc2ccccc12. The standard InChI is InChI=1S/C46H34O2.C7H6O/c47-45(35-19-5-1-6-20-35,36-21-7-2-8-22-36)41-31-29-33-17-13-15-27-39(33)43(41)44-40-28-16-14-18-34(40)30-32-42(44)46(48,37-23-9-3-10-24-37)38-25-11-4-12-26-38;8-6-7-4-2-1-3-5-7/h1-32,47-48H;1-6H. The molecule has 0 saturated heterocycles. The summed E-state index contributed by atoms with van der Waals surface area (Å²) in [7, 11) is 0. The quantitative estimate of drug-likeness (QED) is 0.121. The van der Waals surface area contributed by atoms with E-state index in [0.29, 0.717) is 0 Å². The van der Waals surface area contributed by atoms with E-state index in [1.54, 1.807) is 12.1 Å². The van der Waals surface area contributed by atoms with Crippen LogP contribution in [0, 0.1) is 0 Å². The average Bonchev–Trinajstić information content (AvgIpc) is 3.29. The van der Waals surface area contributed by atoms with Gasteiger partial charge in [-0.3, -0.25) is 4.79 Å². The normalized spacial score (nSPS) is 11.5. The first-order chi connectivity index (χ1) is 27.5. The molecule has 0 aromatic heterocycles. The molecule has 9 rings (SSSR count). The third-order valence-corrected chi connectivity index (χ3v) is 10.6. The molecule has 270 valence electrons. The van der Waals surface area contributed by atoms with E-state index in [1.807, 2.05) is 164 Å². The lowest BCUT2D eigenvalue weighted by atomic mass is 9.71. The van der Waals surface area contributed by atoms with E-state index in [-0.39, 0.29) is 0 Å². The maximum Gasteiger partial charge on any atom is 0.150 e. The minimum atomic E-state index is -1.52. The van der Waals surface area contributed by atoms with Gasteiger partial charge in [0.25, 0.3) is 0 Å². The predicted octanol–water partition coefficient (Wildman–Crippen LogP) is 11.7. The number of aldehydes is 1. The van der Waals surface area contributed by atoms with E-state index in [4.69, 9.17) is 0 Å². The van der Waals surface area contributed by atoms with Crippen LogP contribution in [-0.2, 0) is 11.2 Å². The van der Waals surface area contributed by atoms with Crippen molar-refractivity contribution in [3.8, 4) is 11.1 Å². The van der Waals surface area contributed by atoms with E-state index >= 15 is 0 Å². The first-order valence-electron chi connectivity index (χ1n) is 18.8. The van der Waals surface area contributed by atoms with Crippen LogP contribution in [-0.4, -0.2) is 16.5 Å². The molecule has 3 heteroatoms. The molecule has 2 N–H and O–H groups in total. The molecule has 0 unspecified atom stereocenters. The van der Waals surface area contributed by atoms with Gasteiger partial charge < -0.3 is 10.2 Å². The number of aliphatic hydroxyl groups is 2. The molecule has 0 aliphatic heterocycles. The van der Waals surface area contributed by atoms with Gasteiger partial charge in [-0.1, -0.05) is 224 Å². The largest absolute Gasteiger partial charge is 0.376 e. The summed E-state index contributed by atoms with van der Waals surface area (Å²) in [6.45, 7) is 0. The highest BCUT2D eigenvalue weighted by molar-refractivity contribution is 6.09. The third kappa shape index (κ3) is 6.60. The van der Waals surface area contributed by atoms with Crippen molar-refractivity contribution < 1.29 is 15.0 Å². The van der Waals surface area contributed by atoms with Crippen molar-refractivity contribution >= 4 is 27.8 Å². The molecule has 0 bridgehead atoms. The molecule has 0 heterocycles. The molecular formula is C53H40O3. The van der Waals surface area contributed by atoms with Crippen molar-refractivity contribution in [2.75, 3.05) is 0 Å². The fourth-order valence-electron chi connectivity index (χ4n) is 7.89. The number of carbonyl (C=O) groups excluding carboxylic acids is 1. The maximum atomic E-state index is 13.4. The van der Waals surface area contributed by atoms with Crippen LogP contribution in [0.5, 0.6) is 0 Å². The highest BCUT2D eigenvalue weighted by atomic mass is 16.3. The molecule has 0 atom stereocenters. The summed E-state index contributed by atoms with van der Waals surface area (Å²) < 4.78 is 0. The fourth-order valence-corrected chi connectivity index (χ4v) is 7.89. The van der Waals surface area contributed by atoms with E-state index in [0.717, 1.165) is 77.9 Å². The Labute approximate surface area is 327 Å². The van der Waals surface area contributed by atoms with Crippen molar-refractivity contribution in [1.82, 2.24) is 0 Å². The number of benzene rings is 9. The molecule has 0 spiro atoms.